The van der Waals surface area contributed by atoms with E-state index in [1.54, 1.807) is 17.5 Å². The lowest BCUT2D eigenvalue weighted by molar-refractivity contribution is 1.35. The largest absolute Gasteiger partial charge is 0.264 e. The van der Waals surface area contributed by atoms with Gasteiger partial charge in [0.1, 0.15) is 0 Å². The van der Waals surface area contributed by atoms with Crippen LogP contribution in [-0.4, -0.2) is 9.97 Å². The Morgan fingerprint density at radius 3 is 3.15 bits per heavy atom. The van der Waals surface area contributed by atoms with Crippen molar-refractivity contribution in [3.8, 4) is 0 Å². The van der Waals surface area contributed by atoms with Gasteiger partial charge in [0.05, 0.1) is 15.7 Å². The lowest BCUT2D eigenvalue weighted by Crippen LogP contribution is -1.79. The van der Waals surface area contributed by atoms with Crippen LogP contribution in [-0.2, 0) is 0 Å². The van der Waals surface area contributed by atoms with Gasteiger partial charge in [-0.3, -0.25) is 4.98 Å². The zero-order valence-electron chi connectivity index (χ0n) is 6.77. The summed E-state index contributed by atoms with van der Waals surface area (Å²) in [7, 11) is 0. The second-order valence-electron chi connectivity index (χ2n) is 2.86. The highest BCUT2D eigenvalue weighted by Gasteiger charge is 1.99. The predicted octanol–water partition coefficient (Wildman–Crippen LogP) is 2.84. The summed E-state index contributed by atoms with van der Waals surface area (Å²) >= 11 is 1.71. The number of hydrogen-bond acceptors (Lipinski definition) is 3. The molecule has 0 atom stereocenters. The third-order valence-corrected chi connectivity index (χ3v) is 2.88. The summed E-state index contributed by atoms with van der Waals surface area (Å²) in [6, 6.07) is 6.11. The maximum absolute atomic E-state index is 4.51. The molecule has 3 rings (SSSR count). The Balaban J connectivity index is 2.57. The van der Waals surface area contributed by atoms with Gasteiger partial charge < -0.3 is 0 Å². The van der Waals surface area contributed by atoms with Crippen molar-refractivity contribution in [3.05, 3.63) is 36.0 Å². The number of aromatic nitrogens is 2. The third kappa shape index (κ3) is 1.01. The van der Waals surface area contributed by atoms with Crippen LogP contribution in [0.2, 0.25) is 0 Å². The molecule has 0 amide bonds. The van der Waals surface area contributed by atoms with E-state index in [-0.39, 0.29) is 0 Å². The Morgan fingerprint density at radius 2 is 2.15 bits per heavy atom. The first-order valence-corrected chi connectivity index (χ1v) is 4.89. The predicted molar refractivity (Wildman–Crippen MR) is 54.9 cm³/mol. The SMILES string of the molecule is c1cc2nc3ccsc3cc2cn1. The lowest BCUT2D eigenvalue weighted by atomic mass is 10.2. The summed E-state index contributed by atoms with van der Waals surface area (Å²) in [5.74, 6) is 0. The van der Waals surface area contributed by atoms with Crippen molar-refractivity contribution in [2.24, 2.45) is 0 Å². The maximum Gasteiger partial charge on any atom is 0.0817 e. The molecule has 2 nitrogen and oxygen atoms in total. The molecule has 0 aliphatic carbocycles. The molecule has 0 aromatic carbocycles. The quantitative estimate of drug-likeness (QED) is 0.539. The molecule has 0 saturated carbocycles. The second-order valence-corrected chi connectivity index (χ2v) is 3.81. The van der Waals surface area contributed by atoms with Crippen molar-refractivity contribution in [2.45, 2.75) is 0 Å². The van der Waals surface area contributed by atoms with Gasteiger partial charge in [-0.05, 0) is 23.6 Å². The van der Waals surface area contributed by atoms with E-state index in [9.17, 15) is 0 Å². The van der Waals surface area contributed by atoms with Gasteiger partial charge >= 0.3 is 0 Å². The van der Waals surface area contributed by atoms with Crippen LogP contribution in [0.4, 0.5) is 0 Å². The molecule has 13 heavy (non-hydrogen) atoms. The van der Waals surface area contributed by atoms with Crippen molar-refractivity contribution in [1.29, 1.82) is 0 Å². The molecule has 62 valence electrons. The molecule has 0 aliphatic rings. The summed E-state index contributed by atoms with van der Waals surface area (Å²) < 4.78 is 1.22. The molecular weight excluding hydrogens is 180 g/mol. The second kappa shape index (κ2) is 2.50. The number of thiophene rings is 1. The van der Waals surface area contributed by atoms with E-state index in [0.717, 1.165) is 16.4 Å². The van der Waals surface area contributed by atoms with Crippen molar-refractivity contribution < 1.29 is 0 Å². The number of nitrogens with zero attached hydrogens (tertiary/aromatic N) is 2. The van der Waals surface area contributed by atoms with Crippen LogP contribution >= 0.6 is 11.3 Å². The van der Waals surface area contributed by atoms with Crippen LogP contribution in [0.3, 0.4) is 0 Å². The summed E-state index contributed by atoms with van der Waals surface area (Å²) in [5, 5.41) is 3.17. The van der Waals surface area contributed by atoms with E-state index >= 15 is 0 Å². The topological polar surface area (TPSA) is 25.8 Å². The van der Waals surface area contributed by atoms with Gasteiger partial charge in [-0.15, -0.1) is 11.3 Å². The molecule has 0 saturated heterocycles. The Morgan fingerprint density at radius 1 is 1.15 bits per heavy atom. The number of fused-ring (bicyclic) bond motifs is 2. The summed E-state index contributed by atoms with van der Waals surface area (Å²) in [4.78, 5) is 8.58. The molecule has 3 heteroatoms. The van der Waals surface area contributed by atoms with Crippen LogP contribution in [0.5, 0.6) is 0 Å². The number of pyridine rings is 2. The Bertz CT molecular complexity index is 521. The van der Waals surface area contributed by atoms with Crippen molar-refractivity contribution in [2.75, 3.05) is 0 Å². The van der Waals surface area contributed by atoms with E-state index in [2.05, 4.69) is 21.4 Å². The molecule has 3 aromatic heterocycles. The first-order valence-electron chi connectivity index (χ1n) is 4.01. The standard InChI is InChI=1S/C10H6N2S/c1-3-11-6-7-5-10-9(2-4-13-10)12-8(1)7/h1-6H. The summed E-state index contributed by atoms with van der Waals surface area (Å²) in [5.41, 5.74) is 2.09. The van der Waals surface area contributed by atoms with Crippen molar-refractivity contribution in [3.63, 3.8) is 0 Å². The average molecular weight is 186 g/mol. The minimum Gasteiger partial charge on any atom is -0.264 e. The van der Waals surface area contributed by atoms with E-state index in [0.29, 0.717) is 0 Å². The molecule has 0 radical (unpaired) electrons. The first-order chi connectivity index (χ1) is 6.43. The minimum absolute atomic E-state index is 1.01. The number of rotatable bonds is 0. The highest BCUT2D eigenvalue weighted by molar-refractivity contribution is 7.17. The van der Waals surface area contributed by atoms with Crippen LogP contribution in [0.1, 0.15) is 0 Å². The fourth-order valence-electron chi connectivity index (χ4n) is 1.40. The van der Waals surface area contributed by atoms with Gasteiger partial charge in [-0.25, -0.2) is 4.98 Å². The fraction of sp³-hybridized carbons (Fsp3) is 0. The zero-order chi connectivity index (χ0) is 8.67. The Labute approximate surface area is 78.9 Å². The molecule has 0 aliphatic heterocycles. The van der Waals surface area contributed by atoms with Gasteiger partial charge in [-0.2, -0.15) is 0 Å². The maximum atomic E-state index is 4.51. The van der Waals surface area contributed by atoms with E-state index in [4.69, 9.17) is 0 Å². The Hall–Kier alpha value is -1.48. The summed E-state index contributed by atoms with van der Waals surface area (Å²) in [6.07, 6.45) is 3.62. The number of hydrogen-bond donors (Lipinski definition) is 0. The van der Waals surface area contributed by atoms with Crippen LogP contribution in [0, 0.1) is 0 Å². The monoisotopic (exact) mass is 186 g/mol. The molecule has 0 fully saturated rings. The molecule has 0 N–H and O–H groups in total. The highest BCUT2D eigenvalue weighted by Crippen LogP contribution is 2.22. The Kier molecular flexibility index (Phi) is 1.34. The van der Waals surface area contributed by atoms with E-state index in [1.807, 2.05) is 18.3 Å². The van der Waals surface area contributed by atoms with Crippen molar-refractivity contribution >= 4 is 32.5 Å². The van der Waals surface area contributed by atoms with E-state index < -0.39 is 0 Å². The average Bonchev–Trinajstić information content (AvgIpc) is 2.61. The smallest absolute Gasteiger partial charge is 0.0817 e. The highest BCUT2D eigenvalue weighted by atomic mass is 32.1. The molecule has 3 heterocycles. The van der Waals surface area contributed by atoms with E-state index in [1.165, 1.54) is 4.70 Å². The molecule has 0 unspecified atom stereocenters. The van der Waals surface area contributed by atoms with Gasteiger partial charge in [0.15, 0.2) is 0 Å². The van der Waals surface area contributed by atoms with Gasteiger partial charge in [0.25, 0.3) is 0 Å². The fourth-order valence-corrected chi connectivity index (χ4v) is 2.17. The zero-order valence-corrected chi connectivity index (χ0v) is 7.58. The first kappa shape index (κ1) is 6.97. The lowest BCUT2D eigenvalue weighted by Gasteiger charge is -1.95. The van der Waals surface area contributed by atoms with Crippen molar-refractivity contribution in [1.82, 2.24) is 9.97 Å². The van der Waals surface area contributed by atoms with Gasteiger partial charge in [-0.1, -0.05) is 0 Å². The summed E-state index contributed by atoms with van der Waals surface area (Å²) in [6.45, 7) is 0. The molecule has 3 aromatic rings. The van der Waals surface area contributed by atoms with Crippen LogP contribution < -0.4 is 0 Å². The minimum atomic E-state index is 1.01. The molecule has 0 spiro atoms. The van der Waals surface area contributed by atoms with Gasteiger partial charge in [0.2, 0.25) is 0 Å². The molecular formula is C10H6N2S. The third-order valence-electron chi connectivity index (χ3n) is 2.03. The normalized spacial score (nSPS) is 11.1. The van der Waals surface area contributed by atoms with Crippen LogP contribution in [0.25, 0.3) is 21.1 Å². The molecule has 0 bridgehead atoms. The van der Waals surface area contributed by atoms with Crippen LogP contribution in [0.15, 0.2) is 36.0 Å². The van der Waals surface area contributed by atoms with Gasteiger partial charge in [0, 0.05) is 17.8 Å².